The smallest absolute Gasteiger partial charge is 0.369 e. The fourth-order valence-electron chi connectivity index (χ4n) is 2.73. The van der Waals surface area contributed by atoms with Crippen LogP contribution in [-0.2, 0) is 9.59 Å². The van der Waals surface area contributed by atoms with Crippen molar-refractivity contribution in [3.8, 4) is 6.07 Å². The molecule has 1 saturated carbocycles. The van der Waals surface area contributed by atoms with Gasteiger partial charge in [-0.1, -0.05) is 0 Å². The number of nitrogens with two attached hydrogens (primary N) is 1. The Hall–Kier alpha value is -1.78. The molecule has 0 spiro atoms. The third-order valence-electron chi connectivity index (χ3n) is 4.25. The largest absolute Gasteiger partial charge is 0.396 e. The van der Waals surface area contributed by atoms with E-state index in [0.717, 1.165) is 0 Å². The molecule has 0 aromatic heterocycles. The van der Waals surface area contributed by atoms with Crippen LogP contribution in [0.1, 0.15) is 19.3 Å². The molecule has 2 rings (SSSR count). The van der Waals surface area contributed by atoms with Gasteiger partial charge in [-0.25, -0.2) is 0 Å². The maximum Gasteiger partial charge on any atom is 0.396 e. The van der Waals surface area contributed by atoms with Crippen molar-refractivity contribution in [2.75, 3.05) is 13.1 Å². The van der Waals surface area contributed by atoms with E-state index < -0.39 is 35.7 Å². The van der Waals surface area contributed by atoms with Crippen LogP contribution in [-0.4, -0.2) is 36.0 Å². The van der Waals surface area contributed by atoms with Gasteiger partial charge in [0, 0.05) is 19.0 Å². The van der Waals surface area contributed by atoms with Gasteiger partial charge in [-0.3, -0.25) is 9.59 Å². The molecule has 2 amide bonds. The topological polar surface area (TPSA) is 87.2 Å². The first kappa shape index (κ1) is 15.6. The molecule has 1 radical (unpaired) electrons. The molecule has 0 bridgehead atoms. The molecule has 2 N–H and O–H groups in total. The van der Waals surface area contributed by atoms with Gasteiger partial charge in [0.05, 0.1) is 23.8 Å². The van der Waals surface area contributed by atoms with E-state index in [4.69, 9.17) is 11.0 Å². The number of alkyl halides is 3. The van der Waals surface area contributed by atoms with Crippen LogP contribution < -0.4 is 5.73 Å². The van der Waals surface area contributed by atoms with Crippen molar-refractivity contribution in [3.63, 3.8) is 0 Å². The molecule has 2 fully saturated rings. The highest BCUT2D eigenvalue weighted by atomic mass is 19.4. The predicted octanol–water partition coefficient (Wildman–Crippen LogP) is 1.01. The molecule has 21 heavy (non-hydrogen) atoms. The summed E-state index contributed by atoms with van der Waals surface area (Å²) in [6, 6.07) is 2.08. The standard InChI is InChI=1S/C13H15F3N3O2/c14-13(15,16)12(5-9(12)11(18)21)6-10(20)19-3-1-8(7-17)2-4-19/h6,8-9H,1-5H2,(H2,18,21)/t9?,12-/m0/s1. The first-order chi connectivity index (χ1) is 9.71. The van der Waals surface area contributed by atoms with Gasteiger partial charge >= 0.3 is 6.18 Å². The summed E-state index contributed by atoms with van der Waals surface area (Å²) in [6.45, 7) is 0.505. The molecule has 115 valence electrons. The van der Waals surface area contributed by atoms with Crippen LogP contribution in [0, 0.1) is 35.0 Å². The van der Waals surface area contributed by atoms with Gasteiger partial charge < -0.3 is 10.6 Å². The van der Waals surface area contributed by atoms with E-state index in [1.165, 1.54) is 4.90 Å². The average Bonchev–Trinajstić information content (AvgIpc) is 3.14. The van der Waals surface area contributed by atoms with Crippen LogP contribution in [0.25, 0.3) is 0 Å². The molecule has 0 aromatic rings. The van der Waals surface area contributed by atoms with Crippen LogP contribution in [0.15, 0.2) is 0 Å². The minimum atomic E-state index is -4.67. The number of carbonyl (C=O) groups is 2. The maximum atomic E-state index is 13.1. The number of rotatable bonds is 3. The van der Waals surface area contributed by atoms with Crippen LogP contribution in [0.3, 0.4) is 0 Å². The van der Waals surface area contributed by atoms with Crippen molar-refractivity contribution in [1.29, 1.82) is 5.26 Å². The van der Waals surface area contributed by atoms with E-state index >= 15 is 0 Å². The van der Waals surface area contributed by atoms with E-state index in [2.05, 4.69) is 6.07 Å². The van der Waals surface area contributed by atoms with Crippen LogP contribution >= 0.6 is 0 Å². The number of carbonyl (C=O) groups excluding carboxylic acids is 2. The zero-order valence-corrected chi connectivity index (χ0v) is 11.2. The first-order valence-electron chi connectivity index (χ1n) is 6.62. The molecule has 1 saturated heterocycles. The number of halogens is 3. The molecule has 1 aliphatic carbocycles. The first-order valence-corrected chi connectivity index (χ1v) is 6.62. The summed E-state index contributed by atoms with van der Waals surface area (Å²) in [5.74, 6) is -3.31. The van der Waals surface area contributed by atoms with Crippen molar-refractivity contribution in [2.45, 2.75) is 25.4 Å². The second-order valence-electron chi connectivity index (χ2n) is 5.57. The van der Waals surface area contributed by atoms with Gasteiger partial charge in [-0.15, -0.1) is 0 Å². The molecular weight excluding hydrogens is 287 g/mol. The Morgan fingerprint density at radius 1 is 1.33 bits per heavy atom. The molecule has 1 heterocycles. The number of nitrogens with zero attached hydrogens (tertiary/aromatic N) is 2. The summed E-state index contributed by atoms with van der Waals surface area (Å²) in [5, 5.41) is 8.75. The zero-order valence-electron chi connectivity index (χ0n) is 11.2. The summed E-state index contributed by atoms with van der Waals surface area (Å²) in [7, 11) is 0. The lowest BCUT2D eigenvalue weighted by molar-refractivity contribution is -0.185. The van der Waals surface area contributed by atoms with Gasteiger partial charge in [0.2, 0.25) is 11.8 Å². The van der Waals surface area contributed by atoms with Crippen molar-refractivity contribution < 1.29 is 22.8 Å². The maximum absolute atomic E-state index is 13.1. The summed E-state index contributed by atoms with van der Waals surface area (Å²) in [4.78, 5) is 24.3. The molecule has 1 unspecified atom stereocenters. The Bertz CT molecular complexity index is 492. The minimum absolute atomic E-state index is 0.162. The summed E-state index contributed by atoms with van der Waals surface area (Å²) in [5.41, 5.74) is 2.53. The van der Waals surface area contributed by atoms with Gasteiger partial charge in [-0.05, 0) is 19.3 Å². The average molecular weight is 302 g/mol. The van der Waals surface area contributed by atoms with Crippen molar-refractivity contribution in [3.05, 3.63) is 6.42 Å². The highest BCUT2D eigenvalue weighted by molar-refractivity contribution is 5.90. The Morgan fingerprint density at radius 3 is 2.29 bits per heavy atom. The van der Waals surface area contributed by atoms with Crippen molar-refractivity contribution in [2.24, 2.45) is 23.0 Å². The van der Waals surface area contributed by atoms with E-state index in [9.17, 15) is 22.8 Å². The molecule has 2 atom stereocenters. The third-order valence-corrected chi connectivity index (χ3v) is 4.25. The molecule has 5 nitrogen and oxygen atoms in total. The highest BCUT2D eigenvalue weighted by Gasteiger charge is 2.73. The Morgan fingerprint density at radius 2 is 1.90 bits per heavy atom. The van der Waals surface area contributed by atoms with Gasteiger partial charge in [0.25, 0.3) is 0 Å². The number of likely N-dealkylation sites (tertiary alicyclic amines) is 1. The number of amides is 2. The Kier molecular flexibility index (Phi) is 3.87. The number of nitriles is 1. The highest BCUT2D eigenvalue weighted by Crippen LogP contribution is 2.64. The van der Waals surface area contributed by atoms with E-state index in [1.807, 2.05) is 0 Å². The van der Waals surface area contributed by atoms with Crippen LogP contribution in [0.5, 0.6) is 0 Å². The third kappa shape index (κ3) is 2.82. The Labute approximate surface area is 119 Å². The van der Waals surface area contributed by atoms with Crippen molar-refractivity contribution >= 4 is 11.8 Å². The number of hydrogen-bond acceptors (Lipinski definition) is 3. The summed E-state index contributed by atoms with van der Waals surface area (Å²) < 4.78 is 39.3. The van der Waals surface area contributed by atoms with Crippen LogP contribution in [0.2, 0.25) is 0 Å². The lowest BCUT2D eigenvalue weighted by atomic mass is 9.94. The van der Waals surface area contributed by atoms with Gasteiger partial charge in [0.15, 0.2) is 0 Å². The zero-order chi connectivity index (χ0) is 15.8. The van der Waals surface area contributed by atoms with E-state index in [0.29, 0.717) is 19.3 Å². The summed E-state index contributed by atoms with van der Waals surface area (Å²) >= 11 is 0. The molecule has 2 aliphatic rings. The Balaban J connectivity index is 2.01. The lowest BCUT2D eigenvalue weighted by Gasteiger charge is -2.31. The second-order valence-corrected chi connectivity index (χ2v) is 5.57. The van der Waals surface area contributed by atoms with Gasteiger partial charge in [-0.2, -0.15) is 18.4 Å². The minimum Gasteiger partial charge on any atom is -0.369 e. The molecular formula is C13H15F3N3O2. The number of hydrogen-bond donors (Lipinski definition) is 1. The monoisotopic (exact) mass is 302 g/mol. The van der Waals surface area contributed by atoms with E-state index in [-0.39, 0.29) is 19.0 Å². The molecule has 0 aromatic carbocycles. The normalized spacial score (nSPS) is 29.8. The van der Waals surface area contributed by atoms with Gasteiger partial charge in [0.1, 0.15) is 0 Å². The SMILES string of the molecule is N#CC1CCN(C(=O)[CH][C@@]2(C(F)(F)F)CC2C(N)=O)CC1. The van der Waals surface area contributed by atoms with Crippen molar-refractivity contribution in [1.82, 2.24) is 4.90 Å². The summed E-state index contributed by atoms with van der Waals surface area (Å²) in [6.07, 6.45) is -3.64. The lowest BCUT2D eigenvalue weighted by Crippen LogP contribution is -2.42. The van der Waals surface area contributed by atoms with Crippen LogP contribution in [0.4, 0.5) is 13.2 Å². The predicted molar refractivity (Wildman–Crippen MR) is 65.0 cm³/mol. The number of primary amides is 1. The fourth-order valence-corrected chi connectivity index (χ4v) is 2.73. The fraction of sp³-hybridized carbons (Fsp3) is 0.692. The molecule has 1 aliphatic heterocycles. The molecule has 8 heteroatoms. The van der Waals surface area contributed by atoms with E-state index in [1.54, 1.807) is 0 Å². The quantitative estimate of drug-likeness (QED) is 0.844. The number of piperidine rings is 1. The second kappa shape index (κ2) is 5.20.